The van der Waals surface area contributed by atoms with Crippen molar-refractivity contribution in [2.24, 2.45) is 5.73 Å². The average Bonchev–Trinajstić information content (AvgIpc) is 2.92. The van der Waals surface area contributed by atoms with Gasteiger partial charge < -0.3 is 5.73 Å². The minimum absolute atomic E-state index is 0.231. The van der Waals surface area contributed by atoms with Crippen LogP contribution in [0.3, 0.4) is 0 Å². The molecule has 0 amide bonds. The van der Waals surface area contributed by atoms with Crippen molar-refractivity contribution < 1.29 is 17.6 Å². The number of rotatable bonds is 3. The van der Waals surface area contributed by atoms with E-state index in [-0.39, 0.29) is 5.54 Å². The molecule has 1 nitrogen and oxygen atoms in total. The summed E-state index contributed by atoms with van der Waals surface area (Å²) in [7, 11) is 0. The maximum Gasteiger partial charge on any atom is 0.416 e. The van der Waals surface area contributed by atoms with E-state index in [4.69, 9.17) is 5.73 Å². The monoisotopic (exact) mass is 247 g/mol. The first kappa shape index (κ1) is 12.4. The fourth-order valence-electron chi connectivity index (χ4n) is 1.76. The van der Waals surface area contributed by atoms with E-state index >= 15 is 0 Å². The van der Waals surface area contributed by atoms with Gasteiger partial charge in [-0.05, 0) is 49.4 Å². The zero-order chi connectivity index (χ0) is 12.7. The first-order valence-electron chi connectivity index (χ1n) is 5.44. The van der Waals surface area contributed by atoms with Gasteiger partial charge in [0, 0.05) is 5.54 Å². The van der Waals surface area contributed by atoms with E-state index in [1.54, 1.807) is 0 Å². The molecule has 5 heteroatoms. The largest absolute Gasteiger partial charge is 0.416 e. The molecule has 0 saturated heterocycles. The van der Waals surface area contributed by atoms with Crippen LogP contribution in [-0.2, 0) is 12.6 Å². The summed E-state index contributed by atoms with van der Waals surface area (Å²) in [5.74, 6) is -0.850. The summed E-state index contributed by atoms with van der Waals surface area (Å²) in [4.78, 5) is 0. The van der Waals surface area contributed by atoms with Crippen LogP contribution in [0.1, 0.15) is 30.4 Å². The van der Waals surface area contributed by atoms with E-state index in [1.807, 2.05) is 0 Å². The molecule has 1 aromatic rings. The number of aryl methyl sites for hydroxylation is 1. The first-order valence-corrected chi connectivity index (χ1v) is 5.44. The van der Waals surface area contributed by atoms with Gasteiger partial charge in [-0.15, -0.1) is 0 Å². The van der Waals surface area contributed by atoms with Crippen LogP contribution >= 0.6 is 0 Å². The Morgan fingerprint density at radius 3 is 2.35 bits per heavy atom. The maximum absolute atomic E-state index is 13.1. The number of halogens is 4. The first-order chi connectivity index (χ1) is 7.78. The van der Waals surface area contributed by atoms with E-state index in [9.17, 15) is 17.6 Å². The molecule has 0 spiro atoms. The zero-order valence-corrected chi connectivity index (χ0v) is 9.15. The van der Waals surface area contributed by atoms with Gasteiger partial charge in [0.05, 0.1) is 5.56 Å². The fraction of sp³-hybridized carbons (Fsp3) is 0.500. The molecule has 0 atom stereocenters. The van der Waals surface area contributed by atoms with Crippen LogP contribution in [0, 0.1) is 5.82 Å². The van der Waals surface area contributed by atoms with Crippen molar-refractivity contribution in [2.75, 3.05) is 0 Å². The molecule has 94 valence electrons. The van der Waals surface area contributed by atoms with Crippen molar-refractivity contribution in [1.82, 2.24) is 0 Å². The molecule has 1 saturated carbocycles. The minimum atomic E-state index is -4.50. The Morgan fingerprint density at radius 2 is 1.82 bits per heavy atom. The molecule has 2 rings (SSSR count). The second-order valence-corrected chi connectivity index (χ2v) is 4.71. The number of benzene rings is 1. The molecule has 1 aliphatic carbocycles. The highest BCUT2D eigenvalue weighted by Crippen LogP contribution is 2.37. The van der Waals surface area contributed by atoms with Crippen LogP contribution in [0.4, 0.5) is 17.6 Å². The summed E-state index contributed by atoms with van der Waals surface area (Å²) in [6.07, 6.45) is -1.72. The van der Waals surface area contributed by atoms with Crippen molar-refractivity contribution in [3.63, 3.8) is 0 Å². The van der Waals surface area contributed by atoms with Gasteiger partial charge in [0.25, 0.3) is 0 Å². The van der Waals surface area contributed by atoms with Gasteiger partial charge in [-0.1, -0.05) is 0 Å². The van der Waals surface area contributed by atoms with E-state index in [2.05, 4.69) is 0 Å². The highest BCUT2D eigenvalue weighted by molar-refractivity contribution is 5.27. The van der Waals surface area contributed by atoms with Crippen LogP contribution in [-0.4, -0.2) is 5.54 Å². The van der Waals surface area contributed by atoms with Gasteiger partial charge in [-0.3, -0.25) is 0 Å². The Balaban J connectivity index is 2.14. The zero-order valence-electron chi connectivity index (χ0n) is 9.15. The Morgan fingerprint density at radius 1 is 1.18 bits per heavy atom. The molecule has 1 fully saturated rings. The Hall–Kier alpha value is -1.10. The van der Waals surface area contributed by atoms with Crippen molar-refractivity contribution >= 4 is 0 Å². The summed E-state index contributed by atoms with van der Waals surface area (Å²) >= 11 is 0. The third-order valence-electron chi connectivity index (χ3n) is 3.09. The number of hydrogen-bond acceptors (Lipinski definition) is 1. The lowest BCUT2D eigenvalue weighted by atomic mass is 10.0. The summed E-state index contributed by atoms with van der Waals surface area (Å²) < 4.78 is 50.4. The molecule has 17 heavy (non-hydrogen) atoms. The van der Waals surface area contributed by atoms with Gasteiger partial charge in [-0.2, -0.15) is 13.2 Å². The van der Waals surface area contributed by atoms with Gasteiger partial charge >= 0.3 is 6.18 Å². The van der Waals surface area contributed by atoms with Crippen molar-refractivity contribution in [1.29, 1.82) is 0 Å². The molecule has 0 aromatic heterocycles. The normalized spacial score (nSPS) is 18.2. The predicted octanol–water partition coefficient (Wildman–Crippen LogP) is 3.27. The summed E-state index contributed by atoms with van der Waals surface area (Å²) in [5.41, 5.74) is 5.03. The molecular formula is C12H13F4N. The van der Waals surface area contributed by atoms with Gasteiger partial charge in [-0.25, -0.2) is 4.39 Å². The predicted molar refractivity (Wildman–Crippen MR) is 55.9 cm³/mol. The van der Waals surface area contributed by atoms with E-state index in [1.165, 1.54) is 0 Å². The smallest absolute Gasteiger partial charge is 0.325 e. The highest BCUT2D eigenvalue weighted by Gasteiger charge is 2.37. The highest BCUT2D eigenvalue weighted by atomic mass is 19.4. The summed E-state index contributed by atoms with van der Waals surface area (Å²) in [6, 6.07) is 2.65. The average molecular weight is 247 g/mol. The topological polar surface area (TPSA) is 26.0 Å². The van der Waals surface area contributed by atoms with Crippen LogP contribution in [0.2, 0.25) is 0 Å². The third kappa shape index (κ3) is 3.19. The van der Waals surface area contributed by atoms with Crippen molar-refractivity contribution in [3.05, 3.63) is 35.1 Å². The molecule has 1 aromatic carbocycles. The molecule has 0 unspecified atom stereocenters. The molecule has 0 aliphatic heterocycles. The Bertz CT molecular complexity index is 421. The van der Waals surface area contributed by atoms with E-state index in [0.29, 0.717) is 24.5 Å². The third-order valence-corrected chi connectivity index (χ3v) is 3.09. The molecule has 2 N–H and O–H groups in total. The van der Waals surface area contributed by atoms with Gasteiger partial charge in [0.2, 0.25) is 0 Å². The number of nitrogens with two attached hydrogens (primary N) is 1. The lowest BCUT2D eigenvalue weighted by Crippen LogP contribution is -2.22. The number of alkyl halides is 3. The SMILES string of the molecule is NC1(CCc2cc(F)cc(C(F)(F)F)c2)CC1. The van der Waals surface area contributed by atoms with E-state index in [0.717, 1.165) is 25.0 Å². The Kier molecular flexibility index (Phi) is 2.89. The van der Waals surface area contributed by atoms with E-state index < -0.39 is 17.6 Å². The maximum atomic E-state index is 13.1. The lowest BCUT2D eigenvalue weighted by molar-refractivity contribution is -0.137. The van der Waals surface area contributed by atoms with Crippen molar-refractivity contribution in [2.45, 2.75) is 37.4 Å². The molecule has 1 aliphatic rings. The lowest BCUT2D eigenvalue weighted by Gasteiger charge is -2.11. The van der Waals surface area contributed by atoms with Gasteiger partial charge in [0.15, 0.2) is 0 Å². The Labute approximate surface area is 96.6 Å². The molecule has 0 radical (unpaired) electrons. The van der Waals surface area contributed by atoms with Crippen LogP contribution in [0.5, 0.6) is 0 Å². The van der Waals surface area contributed by atoms with Crippen LogP contribution in [0.15, 0.2) is 18.2 Å². The number of hydrogen-bond donors (Lipinski definition) is 1. The molecule has 0 heterocycles. The second kappa shape index (κ2) is 3.98. The van der Waals surface area contributed by atoms with Crippen LogP contribution < -0.4 is 5.73 Å². The fourth-order valence-corrected chi connectivity index (χ4v) is 1.76. The van der Waals surface area contributed by atoms with Crippen LogP contribution in [0.25, 0.3) is 0 Å². The molecule has 0 bridgehead atoms. The van der Waals surface area contributed by atoms with Gasteiger partial charge in [0.1, 0.15) is 5.82 Å². The summed E-state index contributed by atoms with van der Waals surface area (Å²) in [5, 5.41) is 0. The quantitative estimate of drug-likeness (QED) is 0.815. The molecular weight excluding hydrogens is 234 g/mol. The second-order valence-electron chi connectivity index (χ2n) is 4.71. The summed E-state index contributed by atoms with van der Waals surface area (Å²) in [6.45, 7) is 0. The minimum Gasteiger partial charge on any atom is -0.325 e. The van der Waals surface area contributed by atoms with Crippen molar-refractivity contribution in [3.8, 4) is 0 Å². The standard InChI is InChI=1S/C12H13F4N/c13-10-6-8(1-2-11(17)3-4-11)5-9(7-10)12(14,15)16/h5-7H,1-4,17H2.